The van der Waals surface area contributed by atoms with Gasteiger partial charge in [0.25, 0.3) is 5.91 Å². The number of nitrogens with one attached hydrogen (secondary N) is 3. The van der Waals surface area contributed by atoms with Crippen LogP contribution < -0.4 is 10.6 Å². The normalized spacial score (nSPS) is 10.3. The highest BCUT2D eigenvalue weighted by Crippen LogP contribution is 2.17. The molecule has 3 N–H and O–H groups in total. The van der Waals surface area contributed by atoms with Crippen LogP contribution in [0.15, 0.2) is 48.5 Å². The van der Waals surface area contributed by atoms with Crippen LogP contribution in [0.25, 0.3) is 11.4 Å². The molecule has 126 valence electrons. The molecule has 0 bridgehead atoms. The molecule has 3 aromatic rings. The summed E-state index contributed by atoms with van der Waals surface area (Å²) in [6.45, 7) is 1.90. The number of benzene rings is 2. The molecule has 0 atom stereocenters. The lowest BCUT2D eigenvalue weighted by atomic mass is 10.1. The van der Waals surface area contributed by atoms with Crippen LogP contribution >= 0.6 is 0 Å². The standard InChI is InChI=1S/C17H16N6O2/c1-11(24)18-10-12-2-4-14(5-3-12)17(25)19-15-8-6-13(7-9-15)16-20-22-23-21-16/h2-9H,10H2,1H3,(H,18,24)(H,19,25)(H,20,21,22,23). The number of amides is 2. The Hall–Kier alpha value is -3.55. The molecular weight excluding hydrogens is 320 g/mol. The summed E-state index contributed by atoms with van der Waals surface area (Å²) in [6, 6.07) is 14.2. The van der Waals surface area contributed by atoms with Gasteiger partial charge in [0.2, 0.25) is 11.7 Å². The summed E-state index contributed by atoms with van der Waals surface area (Å²) in [7, 11) is 0. The van der Waals surface area contributed by atoms with Crippen molar-refractivity contribution in [3.63, 3.8) is 0 Å². The second-order valence-electron chi connectivity index (χ2n) is 5.37. The van der Waals surface area contributed by atoms with Gasteiger partial charge in [0.1, 0.15) is 0 Å². The molecule has 3 rings (SSSR count). The number of aromatic amines is 1. The second kappa shape index (κ2) is 7.35. The third-order valence-corrected chi connectivity index (χ3v) is 3.50. The van der Waals surface area contributed by atoms with Crippen molar-refractivity contribution in [1.82, 2.24) is 25.9 Å². The van der Waals surface area contributed by atoms with E-state index in [1.807, 2.05) is 12.1 Å². The molecule has 0 aliphatic carbocycles. The average molecular weight is 336 g/mol. The van der Waals surface area contributed by atoms with E-state index in [0.29, 0.717) is 23.6 Å². The number of nitrogens with zero attached hydrogens (tertiary/aromatic N) is 3. The van der Waals surface area contributed by atoms with Crippen molar-refractivity contribution in [1.29, 1.82) is 0 Å². The Morgan fingerprint density at radius 1 is 1.04 bits per heavy atom. The average Bonchev–Trinajstić information content (AvgIpc) is 3.15. The van der Waals surface area contributed by atoms with E-state index in [2.05, 4.69) is 31.3 Å². The SMILES string of the molecule is CC(=O)NCc1ccc(C(=O)Nc2ccc(-c3nn[nH]n3)cc2)cc1. The number of hydrogen-bond donors (Lipinski definition) is 3. The van der Waals surface area contributed by atoms with Crippen molar-refractivity contribution in [3.05, 3.63) is 59.7 Å². The number of carbonyl (C=O) groups excluding carboxylic acids is 2. The lowest BCUT2D eigenvalue weighted by Crippen LogP contribution is -2.19. The number of H-pyrrole nitrogens is 1. The van der Waals surface area contributed by atoms with Gasteiger partial charge in [-0.3, -0.25) is 9.59 Å². The molecule has 0 aliphatic heterocycles. The van der Waals surface area contributed by atoms with Crippen LogP contribution in [0.4, 0.5) is 5.69 Å². The van der Waals surface area contributed by atoms with Crippen molar-refractivity contribution in [2.75, 3.05) is 5.32 Å². The maximum Gasteiger partial charge on any atom is 0.255 e. The molecule has 0 fully saturated rings. The zero-order valence-electron chi connectivity index (χ0n) is 13.5. The van der Waals surface area contributed by atoms with Crippen molar-refractivity contribution < 1.29 is 9.59 Å². The van der Waals surface area contributed by atoms with E-state index < -0.39 is 0 Å². The smallest absolute Gasteiger partial charge is 0.255 e. The Morgan fingerprint density at radius 2 is 1.76 bits per heavy atom. The Balaban J connectivity index is 1.62. The molecule has 1 aromatic heterocycles. The van der Waals surface area contributed by atoms with E-state index in [0.717, 1.165) is 11.1 Å². The van der Waals surface area contributed by atoms with E-state index in [9.17, 15) is 9.59 Å². The third kappa shape index (κ3) is 4.25. The number of carbonyl (C=O) groups is 2. The molecule has 8 nitrogen and oxygen atoms in total. The first kappa shape index (κ1) is 16.3. The van der Waals surface area contributed by atoms with Crippen LogP contribution in [0, 0.1) is 0 Å². The van der Waals surface area contributed by atoms with E-state index in [-0.39, 0.29) is 11.8 Å². The Kier molecular flexibility index (Phi) is 4.79. The minimum Gasteiger partial charge on any atom is -0.352 e. The van der Waals surface area contributed by atoms with E-state index >= 15 is 0 Å². The molecule has 8 heteroatoms. The van der Waals surface area contributed by atoms with Crippen LogP contribution in [0.2, 0.25) is 0 Å². The van der Waals surface area contributed by atoms with Crippen LogP contribution in [0.1, 0.15) is 22.8 Å². The molecule has 0 saturated heterocycles. The molecule has 0 radical (unpaired) electrons. The molecule has 0 saturated carbocycles. The van der Waals surface area contributed by atoms with Gasteiger partial charge < -0.3 is 10.6 Å². The minimum atomic E-state index is -0.210. The fourth-order valence-corrected chi connectivity index (χ4v) is 2.19. The number of tetrazole rings is 1. The summed E-state index contributed by atoms with van der Waals surface area (Å²) < 4.78 is 0. The number of rotatable bonds is 5. The lowest BCUT2D eigenvalue weighted by molar-refractivity contribution is -0.119. The fourth-order valence-electron chi connectivity index (χ4n) is 2.19. The molecule has 2 aromatic carbocycles. The van der Waals surface area contributed by atoms with Gasteiger partial charge in [0, 0.05) is 30.3 Å². The number of hydrogen-bond acceptors (Lipinski definition) is 5. The van der Waals surface area contributed by atoms with Crippen molar-refractivity contribution in [2.45, 2.75) is 13.5 Å². The Morgan fingerprint density at radius 3 is 2.36 bits per heavy atom. The monoisotopic (exact) mass is 336 g/mol. The van der Waals surface area contributed by atoms with Gasteiger partial charge in [-0.05, 0) is 47.2 Å². The highest BCUT2D eigenvalue weighted by atomic mass is 16.2. The van der Waals surface area contributed by atoms with E-state index in [1.165, 1.54) is 6.92 Å². The zero-order valence-corrected chi connectivity index (χ0v) is 13.5. The van der Waals surface area contributed by atoms with Crippen molar-refractivity contribution >= 4 is 17.5 Å². The second-order valence-corrected chi connectivity index (χ2v) is 5.37. The summed E-state index contributed by atoms with van der Waals surface area (Å²) in [5.74, 6) is 0.192. The van der Waals surface area contributed by atoms with Crippen LogP contribution in [-0.4, -0.2) is 32.4 Å². The first-order chi connectivity index (χ1) is 12.1. The third-order valence-electron chi connectivity index (χ3n) is 3.50. The van der Waals surface area contributed by atoms with Crippen molar-refractivity contribution in [3.8, 4) is 11.4 Å². The van der Waals surface area contributed by atoms with Gasteiger partial charge >= 0.3 is 0 Å². The van der Waals surface area contributed by atoms with Gasteiger partial charge in [0.05, 0.1) is 0 Å². The van der Waals surface area contributed by atoms with E-state index in [4.69, 9.17) is 0 Å². The van der Waals surface area contributed by atoms with Crippen LogP contribution in [-0.2, 0) is 11.3 Å². The summed E-state index contributed by atoms with van der Waals surface area (Å²) in [6.07, 6.45) is 0. The van der Waals surface area contributed by atoms with E-state index in [1.54, 1.807) is 36.4 Å². The molecular formula is C17H16N6O2. The molecule has 0 unspecified atom stereocenters. The largest absolute Gasteiger partial charge is 0.352 e. The summed E-state index contributed by atoms with van der Waals surface area (Å²) >= 11 is 0. The van der Waals surface area contributed by atoms with Gasteiger partial charge in [-0.25, -0.2) is 0 Å². The number of anilines is 1. The number of aromatic nitrogens is 4. The predicted molar refractivity (Wildman–Crippen MR) is 91.5 cm³/mol. The molecule has 25 heavy (non-hydrogen) atoms. The fraction of sp³-hybridized carbons (Fsp3) is 0.118. The summed E-state index contributed by atoms with van der Waals surface area (Å²) in [5, 5.41) is 19.2. The molecule has 2 amide bonds. The molecule has 0 spiro atoms. The van der Waals surface area contributed by atoms with Gasteiger partial charge in [0.15, 0.2) is 0 Å². The maximum absolute atomic E-state index is 12.3. The Labute approximate surface area is 143 Å². The van der Waals surface area contributed by atoms with Crippen LogP contribution in [0.3, 0.4) is 0 Å². The summed E-state index contributed by atoms with van der Waals surface area (Å²) in [4.78, 5) is 23.2. The maximum atomic E-state index is 12.3. The quantitative estimate of drug-likeness (QED) is 0.657. The first-order valence-electron chi connectivity index (χ1n) is 7.60. The van der Waals surface area contributed by atoms with Gasteiger partial charge in [-0.15, -0.1) is 10.2 Å². The Bertz CT molecular complexity index is 857. The summed E-state index contributed by atoms with van der Waals surface area (Å²) in [5.41, 5.74) is 2.93. The molecule has 0 aliphatic rings. The predicted octanol–water partition coefficient (Wildman–Crippen LogP) is 1.76. The topological polar surface area (TPSA) is 113 Å². The van der Waals surface area contributed by atoms with Crippen molar-refractivity contribution in [2.24, 2.45) is 0 Å². The van der Waals surface area contributed by atoms with Crippen LogP contribution in [0.5, 0.6) is 0 Å². The highest BCUT2D eigenvalue weighted by molar-refractivity contribution is 6.04. The first-order valence-corrected chi connectivity index (χ1v) is 7.60. The van der Waals surface area contributed by atoms with Gasteiger partial charge in [-0.2, -0.15) is 5.21 Å². The zero-order chi connectivity index (χ0) is 17.6. The highest BCUT2D eigenvalue weighted by Gasteiger charge is 2.07. The lowest BCUT2D eigenvalue weighted by Gasteiger charge is -2.07. The molecule has 1 heterocycles. The minimum absolute atomic E-state index is 0.0916. The van der Waals surface area contributed by atoms with Gasteiger partial charge in [-0.1, -0.05) is 12.1 Å².